The SMILES string of the molecule is CC(C)(C)OC(=O)C(Cc1c[nH]c2ccccc12)NC(=O)C(N)CC(=O)O. The monoisotopic (exact) mass is 375 g/mol. The number of benzene rings is 1. The molecule has 0 aliphatic rings. The van der Waals surface area contributed by atoms with Crippen LogP contribution in [0.3, 0.4) is 0 Å². The van der Waals surface area contributed by atoms with Crippen molar-refractivity contribution in [3.05, 3.63) is 36.0 Å². The minimum atomic E-state index is -1.25. The lowest BCUT2D eigenvalue weighted by Crippen LogP contribution is -2.51. The van der Waals surface area contributed by atoms with Crippen LogP contribution in [-0.4, -0.2) is 45.6 Å². The fraction of sp³-hybridized carbons (Fsp3) is 0.421. The molecule has 8 nitrogen and oxygen atoms in total. The summed E-state index contributed by atoms with van der Waals surface area (Å²) in [4.78, 5) is 38.7. The van der Waals surface area contributed by atoms with E-state index >= 15 is 0 Å². The van der Waals surface area contributed by atoms with Crippen LogP contribution in [-0.2, 0) is 25.5 Å². The lowest BCUT2D eigenvalue weighted by molar-refractivity contribution is -0.158. The maximum Gasteiger partial charge on any atom is 0.329 e. The van der Waals surface area contributed by atoms with E-state index in [1.54, 1.807) is 27.0 Å². The second-order valence-corrected chi connectivity index (χ2v) is 7.36. The van der Waals surface area contributed by atoms with Crippen molar-refractivity contribution in [1.82, 2.24) is 10.3 Å². The highest BCUT2D eigenvalue weighted by Gasteiger charge is 2.29. The minimum Gasteiger partial charge on any atom is -0.481 e. The molecule has 0 aliphatic heterocycles. The number of aromatic amines is 1. The van der Waals surface area contributed by atoms with E-state index in [9.17, 15) is 14.4 Å². The van der Waals surface area contributed by atoms with Gasteiger partial charge in [-0.1, -0.05) is 18.2 Å². The van der Waals surface area contributed by atoms with E-state index in [4.69, 9.17) is 15.6 Å². The second-order valence-electron chi connectivity index (χ2n) is 7.36. The number of fused-ring (bicyclic) bond motifs is 1. The van der Waals surface area contributed by atoms with Crippen LogP contribution in [0.2, 0.25) is 0 Å². The van der Waals surface area contributed by atoms with Crippen LogP contribution in [0.25, 0.3) is 10.9 Å². The third kappa shape index (κ3) is 5.82. The van der Waals surface area contributed by atoms with Gasteiger partial charge in [0.25, 0.3) is 0 Å². The zero-order valence-electron chi connectivity index (χ0n) is 15.6. The molecule has 0 spiro atoms. The number of rotatable bonds is 7. The van der Waals surface area contributed by atoms with Gasteiger partial charge >= 0.3 is 11.9 Å². The number of aliphatic carboxylic acids is 1. The average Bonchev–Trinajstić information content (AvgIpc) is 2.95. The smallest absolute Gasteiger partial charge is 0.329 e. The summed E-state index contributed by atoms with van der Waals surface area (Å²) in [5.41, 5.74) is 6.61. The van der Waals surface area contributed by atoms with Crippen molar-refractivity contribution in [2.75, 3.05) is 0 Å². The van der Waals surface area contributed by atoms with Crippen molar-refractivity contribution in [3.63, 3.8) is 0 Å². The molecular weight excluding hydrogens is 350 g/mol. The number of amides is 1. The molecular formula is C19H25N3O5. The highest BCUT2D eigenvalue weighted by atomic mass is 16.6. The van der Waals surface area contributed by atoms with Crippen LogP contribution in [0, 0.1) is 0 Å². The molecule has 2 aromatic rings. The first kappa shape index (κ1) is 20.4. The van der Waals surface area contributed by atoms with Gasteiger partial charge in [-0.25, -0.2) is 4.79 Å². The fourth-order valence-electron chi connectivity index (χ4n) is 2.65. The summed E-state index contributed by atoms with van der Waals surface area (Å²) in [5.74, 6) is -2.51. The van der Waals surface area contributed by atoms with Gasteiger partial charge in [0.1, 0.15) is 11.6 Å². The van der Waals surface area contributed by atoms with E-state index in [1.165, 1.54) is 0 Å². The zero-order valence-corrected chi connectivity index (χ0v) is 15.6. The van der Waals surface area contributed by atoms with Crippen LogP contribution in [0.15, 0.2) is 30.5 Å². The Labute approximate surface area is 157 Å². The number of carboxylic acid groups (broad SMARTS) is 1. The molecule has 0 radical (unpaired) electrons. The summed E-state index contributed by atoms with van der Waals surface area (Å²) in [6.07, 6.45) is 1.43. The van der Waals surface area contributed by atoms with Crippen molar-refractivity contribution >= 4 is 28.7 Å². The summed E-state index contributed by atoms with van der Waals surface area (Å²) in [6, 6.07) is 5.34. The Kier molecular flexibility index (Phi) is 6.22. The Balaban J connectivity index is 2.22. The van der Waals surface area contributed by atoms with Crippen molar-refractivity contribution < 1.29 is 24.2 Å². The highest BCUT2D eigenvalue weighted by molar-refractivity contribution is 5.91. The van der Waals surface area contributed by atoms with Gasteiger partial charge in [-0.15, -0.1) is 0 Å². The number of para-hydroxylation sites is 1. The number of nitrogens with one attached hydrogen (secondary N) is 2. The number of aromatic nitrogens is 1. The molecule has 1 amide bonds. The molecule has 2 unspecified atom stereocenters. The molecule has 1 aromatic heterocycles. The topological polar surface area (TPSA) is 135 Å². The van der Waals surface area contributed by atoms with Gasteiger partial charge in [-0.05, 0) is 32.4 Å². The van der Waals surface area contributed by atoms with Gasteiger partial charge < -0.3 is 25.9 Å². The molecule has 2 atom stereocenters. The maximum absolute atomic E-state index is 12.6. The third-order valence-corrected chi connectivity index (χ3v) is 3.84. The van der Waals surface area contributed by atoms with E-state index in [-0.39, 0.29) is 6.42 Å². The highest BCUT2D eigenvalue weighted by Crippen LogP contribution is 2.20. The number of hydrogen-bond donors (Lipinski definition) is 4. The number of carboxylic acids is 1. The summed E-state index contributed by atoms with van der Waals surface area (Å²) >= 11 is 0. The molecule has 8 heteroatoms. The lowest BCUT2D eigenvalue weighted by atomic mass is 10.0. The molecule has 0 aliphatic carbocycles. The van der Waals surface area contributed by atoms with E-state index in [0.29, 0.717) is 0 Å². The number of H-pyrrole nitrogens is 1. The molecule has 5 N–H and O–H groups in total. The molecule has 0 fully saturated rings. The van der Waals surface area contributed by atoms with E-state index in [0.717, 1.165) is 16.5 Å². The molecule has 1 aromatic carbocycles. The second kappa shape index (κ2) is 8.22. The number of hydrogen-bond acceptors (Lipinski definition) is 5. The van der Waals surface area contributed by atoms with Crippen molar-refractivity contribution in [3.8, 4) is 0 Å². The molecule has 1 heterocycles. The van der Waals surface area contributed by atoms with Crippen molar-refractivity contribution in [1.29, 1.82) is 0 Å². The van der Waals surface area contributed by atoms with Gasteiger partial charge in [-0.3, -0.25) is 9.59 Å². The standard InChI is InChI=1S/C19H25N3O5/c1-19(2,3)27-18(26)15(22-17(25)13(20)9-16(23)24)8-11-10-21-14-7-5-4-6-12(11)14/h4-7,10,13,15,21H,8-9,20H2,1-3H3,(H,22,25)(H,23,24). The third-order valence-electron chi connectivity index (χ3n) is 3.84. The summed E-state index contributed by atoms with van der Waals surface area (Å²) in [7, 11) is 0. The Morgan fingerprint density at radius 2 is 1.93 bits per heavy atom. The van der Waals surface area contributed by atoms with Crippen LogP contribution < -0.4 is 11.1 Å². The fourth-order valence-corrected chi connectivity index (χ4v) is 2.65. The van der Waals surface area contributed by atoms with Crippen LogP contribution in [0.1, 0.15) is 32.8 Å². The number of ether oxygens (including phenoxy) is 1. The van der Waals surface area contributed by atoms with E-state index < -0.39 is 42.0 Å². The lowest BCUT2D eigenvalue weighted by Gasteiger charge is -2.25. The summed E-state index contributed by atoms with van der Waals surface area (Å²) < 4.78 is 5.40. The predicted octanol–water partition coefficient (Wildman–Crippen LogP) is 1.34. The van der Waals surface area contributed by atoms with Crippen LogP contribution in [0.5, 0.6) is 0 Å². The molecule has 0 saturated carbocycles. The molecule has 0 saturated heterocycles. The van der Waals surface area contributed by atoms with E-state index in [2.05, 4.69) is 10.3 Å². The minimum absolute atomic E-state index is 0.185. The molecule has 0 bridgehead atoms. The summed E-state index contributed by atoms with van der Waals surface area (Å²) in [5, 5.41) is 12.3. The van der Waals surface area contributed by atoms with Gasteiger partial charge in [0.05, 0.1) is 12.5 Å². The Hall–Kier alpha value is -2.87. The first-order chi connectivity index (χ1) is 12.6. The van der Waals surface area contributed by atoms with Crippen molar-refractivity contribution in [2.24, 2.45) is 5.73 Å². The van der Waals surface area contributed by atoms with Gasteiger partial charge in [0.2, 0.25) is 5.91 Å². The normalized spacial score (nSPS) is 13.8. The average molecular weight is 375 g/mol. The molecule has 2 rings (SSSR count). The van der Waals surface area contributed by atoms with Crippen molar-refractivity contribution in [2.45, 2.75) is 51.3 Å². The Bertz CT molecular complexity index is 837. The predicted molar refractivity (Wildman–Crippen MR) is 100 cm³/mol. The largest absolute Gasteiger partial charge is 0.481 e. The number of carbonyl (C=O) groups is 3. The van der Waals surface area contributed by atoms with Gasteiger partial charge in [0.15, 0.2) is 0 Å². The number of carbonyl (C=O) groups excluding carboxylic acids is 2. The summed E-state index contributed by atoms with van der Waals surface area (Å²) in [6.45, 7) is 5.18. The zero-order chi connectivity index (χ0) is 20.2. The molecule has 27 heavy (non-hydrogen) atoms. The Morgan fingerprint density at radius 1 is 1.26 bits per heavy atom. The van der Waals surface area contributed by atoms with E-state index in [1.807, 2.05) is 24.3 Å². The van der Waals surface area contributed by atoms with Crippen LogP contribution in [0.4, 0.5) is 0 Å². The number of esters is 1. The first-order valence-corrected chi connectivity index (χ1v) is 8.62. The molecule has 146 valence electrons. The van der Waals surface area contributed by atoms with Gasteiger partial charge in [0, 0.05) is 23.5 Å². The van der Waals surface area contributed by atoms with Crippen LogP contribution >= 0.6 is 0 Å². The number of nitrogens with two attached hydrogens (primary N) is 1. The van der Waals surface area contributed by atoms with Gasteiger partial charge in [-0.2, -0.15) is 0 Å². The Morgan fingerprint density at radius 3 is 2.56 bits per heavy atom. The first-order valence-electron chi connectivity index (χ1n) is 8.62. The quantitative estimate of drug-likeness (QED) is 0.540. The maximum atomic E-state index is 12.6.